The Balaban J connectivity index is 2.78. The largest absolute Gasteiger partial charge is 0.271 e. The van der Waals surface area contributed by atoms with E-state index in [4.69, 9.17) is 17.4 Å². The monoisotopic (exact) mass is 286 g/mol. The predicted molar refractivity (Wildman–Crippen MR) is 79.5 cm³/mol. The van der Waals surface area contributed by atoms with Gasteiger partial charge in [-0.05, 0) is 42.9 Å². The summed E-state index contributed by atoms with van der Waals surface area (Å²) in [7, 11) is 0. The van der Waals surface area contributed by atoms with Gasteiger partial charge in [0.25, 0.3) is 0 Å². The highest BCUT2D eigenvalue weighted by molar-refractivity contribution is 6.30. The molecule has 1 aromatic carbocycles. The summed E-state index contributed by atoms with van der Waals surface area (Å²) in [6.07, 6.45) is 5.05. The highest BCUT2D eigenvalue weighted by Gasteiger charge is 2.20. The molecule has 3 N–H and O–H groups in total. The van der Waals surface area contributed by atoms with E-state index in [1.54, 1.807) is 12.1 Å². The van der Waals surface area contributed by atoms with Gasteiger partial charge >= 0.3 is 0 Å². The lowest BCUT2D eigenvalue weighted by molar-refractivity contribution is 0.309. The Labute approximate surface area is 120 Å². The molecule has 0 radical (unpaired) electrons. The zero-order chi connectivity index (χ0) is 14.3. The van der Waals surface area contributed by atoms with Crippen LogP contribution in [0.2, 0.25) is 5.02 Å². The van der Waals surface area contributed by atoms with E-state index in [1.807, 2.05) is 0 Å². The zero-order valence-electron chi connectivity index (χ0n) is 11.8. The molecule has 0 amide bonds. The third kappa shape index (κ3) is 5.09. The number of halogens is 2. The Morgan fingerprint density at radius 1 is 1.26 bits per heavy atom. The van der Waals surface area contributed by atoms with E-state index >= 15 is 0 Å². The number of rotatable bonds is 8. The molecule has 0 aliphatic rings. The molecule has 0 fully saturated rings. The van der Waals surface area contributed by atoms with Crippen LogP contribution in [0.5, 0.6) is 0 Å². The first-order chi connectivity index (χ1) is 9.12. The van der Waals surface area contributed by atoms with Gasteiger partial charge in [0.15, 0.2) is 0 Å². The van der Waals surface area contributed by atoms with Crippen LogP contribution in [-0.4, -0.2) is 6.04 Å². The maximum atomic E-state index is 13.8. The summed E-state index contributed by atoms with van der Waals surface area (Å²) < 4.78 is 13.8. The highest BCUT2D eigenvalue weighted by Crippen LogP contribution is 2.23. The van der Waals surface area contributed by atoms with E-state index in [9.17, 15) is 4.39 Å². The van der Waals surface area contributed by atoms with Crippen molar-refractivity contribution < 1.29 is 4.39 Å². The fourth-order valence-electron chi connectivity index (χ4n) is 2.57. The molecule has 0 aliphatic carbocycles. The van der Waals surface area contributed by atoms with Crippen molar-refractivity contribution in [1.82, 2.24) is 5.43 Å². The molecule has 19 heavy (non-hydrogen) atoms. The first kappa shape index (κ1) is 16.4. The topological polar surface area (TPSA) is 38.0 Å². The summed E-state index contributed by atoms with van der Waals surface area (Å²) in [5.41, 5.74) is 3.53. The Morgan fingerprint density at radius 3 is 2.37 bits per heavy atom. The van der Waals surface area contributed by atoms with E-state index in [2.05, 4.69) is 19.3 Å². The Bertz CT molecular complexity index is 378. The second-order valence-corrected chi connectivity index (χ2v) is 5.49. The first-order valence-electron chi connectivity index (χ1n) is 7.02. The van der Waals surface area contributed by atoms with Crippen LogP contribution in [0.25, 0.3) is 0 Å². The van der Waals surface area contributed by atoms with Gasteiger partial charge < -0.3 is 0 Å². The van der Waals surface area contributed by atoms with Gasteiger partial charge in [0.1, 0.15) is 5.82 Å². The summed E-state index contributed by atoms with van der Waals surface area (Å²) in [6, 6.07) is 4.94. The van der Waals surface area contributed by atoms with Crippen molar-refractivity contribution in [2.24, 2.45) is 11.8 Å². The number of hydrogen-bond donors (Lipinski definition) is 2. The number of hydrazine groups is 1. The van der Waals surface area contributed by atoms with Crippen molar-refractivity contribution in [2.75, 3.05) is 0 Å². The van der Waals surface area contributed by atoms with Gasteiger partial charge in [-0.1, -0.05) is 44.4 Å². The molecule has 0 bridgehead atoms. The quantitative estimate of drug-likeness (QED) is 0.558. The van der Waals surface area contributed by atoms with Gasteiger partial charge in [0, 0.05) is 11.1 Å². The van der Waals surface area contributed by atoms with Crippen molar-refractivity contribution in [3.63, 3.8) is 0 Å². The molecule has 1 unspecified atom stereocenters. The van der Waals surface area contributed by atoms with E-state index in [1.165, 1.54) is 6.07 Å². The molecule has 0 heterocycles. The predicted octanol–water partition coefficient (Wildman–Crippen LogP) is 4.07. The van der Waals surface area contributed by atoms with Crippen molar-refractivity contribution in [1.29, 1.82) is 0 Å². The second-order valence-electron chi connectivity index (χ2n) is 5.05. The Hall–Kier alpha value is -0.640. The zero-order valence-corrected chi connectivity index (χ0v) is 12.5. The molecule has 1 aromatic rings. The molecule has 2 nitrogen and oxygen atoms in total. The van der Waals surface area contributed by atoms with Gasteiger partial charge in [-0.2, -0.15) is 0 Å². The molecule has 0 spiro atoms. The molecule has 108 valence electrons. The minimum Gasteiger partial charge on any atom is -0.271 e. The smallest absolute Gasteiger partial charge is 0.127 e. The number of nitrogens with one attached hydrogen (secondary N) is 1. The molecule has 0 aliphatic heterocycles. The maximum Gasteiger partial charge on any atom is 0.127 e. The fourth-order valence-corrected chi connectivity index (χ4v) is 2.73. The van der Waals surface area contributed by atoms with Crippen LogP contribution < -0.4 is 11.3 Å². The average Bonchev–Trinajstić information content (AvgIpc) is 2.38. The van der Waals surface area contributed by atoms with Gasteiger partial charge in [-0.25, -0.2) is 4.39 Å². The van der Waals surface area contributed by atoms with Crippen LogP contribution in [0.4, 0.5) is 4.39 Å². The van der Waals surface area contributed by atoms with Crippen LogP contribution in [0.15, 0.2) is 18.2 Å². The summed E-state index contributed by atoms with van der Waals surface area (Å²) >= 11 is 5.77. The molecule has 1 rings (SSSR count). The van der Waals surface area contributed by atoms with Gasteiger partial charge in [-0.15, -0.1) is 0 Å². The first-order valence-corrected chi connectivity index (χ1v) is 7.40. The van der Waals surface area contributed by atoms with Crippen LogP contribution in [0.3, 0.4) is 0 Å². The summed E-state index contributed by atoms with van der Waals surface area (Å²) in [6.45, 7) is 4.33. The summed E-state index contributed by atoms with van der Waals surface area (Å²) in [5, 5.41) is 0.428. The Kier molecular flexibility index (Phi) is 7.36. The normalized spacial score (nSPS) is 12.9. The molecule has 1 atom stereocenters. The van der Waals surface area contributed by atoms with Crippen LogP contribution in [0.1, 0.15) is 45.1 Å². The van der Waals surface area contributed by atoms with Crippen LogP contribution in [-0.2, 0) is 6.42 Å². The molecule has 0 saturated carbocycles. The number of nitrogens with two attached hydrogens (primary N) is 1. The third-order valence-corrected chi connectivity index (χ3v) is 3.79. The van der Waals surface area contributed by atoms with Crippen LogP contribution in [0, 0.1) is 11.7 Å². The third-order valence-electron chi connectivity index (χ3n) is 3.56. The van der Waals surface area contributed by atoms with E-state index in [0.717, 1.165) is 25.7 Å². The van der Waals surface area contributed by atoms with Crippen LogP contribution >= 0.6 is 11.6 Å². The van der Waals surface area contributed by atoms with E-state index in [0.29, 0.717) is 22.9 Å². The van der Waals surface area contributed by atoms with Gasteiger partial charge in [0.2, 0.25) is 0 Å². The second kappa shape index (κ2) is 8.51. The maximum absolute atomic E-state index is 13.8. The standard InChI is InChI=1S/C15H24ClFN2/c1-3-5-11(6-4-2)15(19-18)9-12-7-8-13(16)10-14(12)17/h7-8,10-11,15,19H,3-6,9,18H2,1-2H3. The molecule has 4 heteroatoms. The molecule has 0 aromatic heterocycles. The average molecular weight is 287 g/mol. The molecular weight excluding hydrogens is 263 g/mol. The number of benzene rings is 1. The van der Waals surface area contributed by atoms with Gasteiger partial charge in [-0.3, -0.25) is 11.3 Å². The minimum atomic E-state index is -0.250. The Morgan fingerprint density at radius 2 is 1.89 bits per heavy atom. The molecule has 0 saturated heterocycles. The van der Waals surface area contributed by atoms with Crippen molar-refractivity contribution in [3.8, 4) is 0 Å². The lowest BCUT2D eigenvalue weighted by atomic mass is 9.87. The summed E-state index contributed by atoms with van der Waals surface area (Å²) in [5.74, 6) is 5.89. The molecular formula is C15H24ClFN2. The van der Waals surface area contributed by atoms with E-state index in [-0.39, 0.29) is 11.9 Å². The minimum absolute atomic E-state index is 0.107. The van der Waals surface area contributed by atoms with Crippen molar-refractivity contribution >= 4 is 11.6 Å². The SMILES string of the molecule is CCCC(CCC)C(Cc1ccc(Cl)cc1F)NN. The lowest BCUT2D eigenvalue weighted by Crippen LogP contribution is -2.42. The number of hydrogen-bond acceptors (Lipinski definition) is 2. The fraction of sp³-hybridized carbons (Fsp3) is 0.600. The van der Waals surface area contributed by atoms with Gasteiger partial charge in [0.05, 0.1) is 0 Å². The summed E-state index contributed by atoms with van der Waals surface area (Å²) in [4.78, 5) is 0. The van der Waals surface area contributed by atoms with Crippen molar-refractivity contribution in [2.45, 2.75) is 52.0 Å². The van der Waals surface area contributed by atoms with Crippen molar-refractivity contribution in [3.05, 3.63) is 34.6 Å². The lowest BCUT2D eigenvalue weighted by Gasteiger charge is -2.26. The van der Waals surface area contributed by atoms with E-state index < -0.39 is 0 Å². The highest BCUT2D eigenvalue weighted by atomic mass is 35.5.